The first-order valence-electron chi connectivity index (χ1n) is 7.61. The topological polar surface area (TPSA) is 62.4 Å². The quantitative estimate of drug-likeness (QED) is 0.409. The largest absolute Gasteiger partial charge is 0.484 e. The van der Waals surface area contributed by atoms with Crippen LogP contribution in [0.15, 0.2) is 48.5 Å². The van der Waals surface area contributed by atoms with Crippen LogP contribution >= 0.6 is 12.2 Å². The molecule has 1 amide bonds. The summed E-state index contributed by atoms with van der Waals surface area (Å²) in [5, 5.41) is 2.89. The Bertz CT molecular complexity index is 798. The van der Waals surface area contributed by atoms with Gasteiger partial charge in [-0.2, -0.15) is 13.2 Å². The van der Waals surface area contributed by atoms with Gasteiger partial charge in [-0.25, -0.2) is 4.39 Å². The molecule has 144 valence electrons. The zero-order chi connectivity index (χ0) is 19.9. The molecular formula is C17H15F4N3O2S. The highest BCUT2D eigenvalue weighted by atomic mass is 32.1. The molecule has 0 saturated heterocycles. The fraction of sp³-hybridized carbons (Fsp3) is 0.176. The van der Waals surface area contributed by atoms with Crippen LogP contribution in [0.3, 0.4) is 0 Å². The average molecular weight is 401 g/mol. The van der Waals surface area contributed by atoms with E-state index in [-0.39, 0.29) is 16.7 Å². The zero-order valence-electron chi connectivity index (χ0n) is 13.8. The summed E-state index contributed by atoms with van der Waals surface area (Å²) in [6.07, 6.45) is -4.49. The molecule has 0 fully saturated rings. The minimum atomic E-state index is -4.49. The Balaban J connectivity index is 1.71. The summed E-state index contributed by atoms with van der Waals surface area (Å²) in [5.74, 6) is -1.08. The maximum atomic E-state index is 12.8. The number of hydrogen-bond donors (Lipinski definition) is 3. The van der Waals surface area contributed by atoms with E-state index in [0.29, 0.717) is 6.54 Å². The second kappa shape index (κ2) is 9.17. The molecule has 0 bridgehead atoms. The number of nitrogens with one attached hydrogen (secondary N) is 3. The average Bonchev–Trinajstić information content (AvgIpc) is 2.64. The molecule has 0 saturated carbocycles. The van der Waals surface area contributed by atoms with E-state index in [9.17, 15) is 22.4 Å². The van der Waals surface area contributed by atoms with Crippen LogP contribution in [0.4, 0.5) is 17.6 Å². The SMILES string of the molecule is O=C(COc1cccc(C(F)(F)F)c1)NNC(=S)NCc1ccc(F)cc1. The van der Waals surface area contributed by atoms with Crippen molar-refractivity contribution in [2.24, 2.45) is 0 Å². The van der Waals surface area contributed by atoms with E-state index in [1.807, 2.05) is 0 Å². The Labute approximate surface area is 157 Å². The number of carbonyl (C=O) groups is 1. The molecule has 0 aliphatic heterocycles. The smallest absolute Gasteiger partial charge is 0.416 e. The lowest BCUT2D eigenvalue weighted by atomic mass is 10.2. The molecule has 0 heterocycles. The van der Waals surface area contributed by atoms with E-state index in [2.05, 4.69) is 16.2 Å². The molecule has 0 atom stereocenters. The molecular weight excluding hydrogens is 386 g/mol. The van der Waals surface area contributed by atoms with Gasteiger partial charge >= 0.3 is 6.18 Å². The van der Waals surface area contributed by atoms with Gasteiger partial charge in [-0.05, 0) is 48.1 Å². The minimum absolute atomic E-state index is 0.0861. The van der Waals surface area contributed by atoms with Gasteiger partial charge in [-0.3, -0.25) is 15.6 Å². The number of carbonyl (C=O) groups excluding carboxylic acids is 1. The number of benzene rings is 2. The minimum Gasteiger partial charge on any atom is -0.484 e. The lowest BCUT2D eigenvalue weighted by molar-refractivity contribution is -0.137. The third-order valence-electron chi connectivity index (χ3n) is 3.21. The molecule has 10 heteroatoms. The molecule has 27 heavy (non-hydrogen) atoms. The van der Waals surface area contributed by atoms with Crippen molar-refractivity contribution in [1.82, 2.24) is 16.2 Å². The van der Waals surface area contributed by atoms with Gasteiger partial charge in [0.25, 0.3) is 5.91 Å². The molecule has 2 aromatic carbocycles. The predicted molar refractivity (Wildman–Crippen MR) is 94.1 cm³/mol. The third-order valence-corrected chi connectivity index (χ3v) is 3.46. The van der Waals surface area contributed by atoms with E-state index in [0.717, 1.165) is 17.7 Å². The summed E-state index contributed by atoms with van der Waals surface area (Å²) < 4.78 is 55.6. The Kier molecular flexibility index (Phi) is 6.94. The van der Waals surface area contributed by atoms with Crippen molar-refractivity contribution in [3.63, 3.8) is 0 Å². The summed E-state index contributed by atoms with van der Waals surface area (Å²) in [6, 6.07) is 9.96. The van der Waals surface area contributed by atoms with Crippen molar-refractivity contribution in [2.75, 3.05) is 6.61 Å². The normalized spacial score (nSPS) is 10.8. The van der Waals surface area contributed by atoms with Crippen LogP contribution in [-0.2, 0) is 17.5 Å². The number of rotatable bonds is 5. The highest BCUT2D eigenvalue weighted by molar-refractivity contribution is 7.80. The van der Waals surface area contributed by atoms with Gasteiger partial charge in [-0.15, -0.1) is 0 Å². The van der Waals surface area contributed by atoms with Crippen molar-refractivity contribution in [1.29, 1.82) is 0 Å². The number of hydrogen-bond acceptors (Lipinski definition) is 3. The maximum Gasteiger partial charge on any atom is 0.416 e. The number of alkyl halides is 3. The highest BCUT2D eigenvalue weighted by Crippen LogP contribution is 2.31. The highest BCUT2D eigenvalue weighted by Gasteiger charge is 2.30. The van der Waals surface area contributed by atoms with Crippen molar-refractivity contribution >= 4 is 23.2 Å². The van der Waals surface area contributed by atoms with Gasteiger partial charge in [0.2, 0.25) is 0 Å². The summed E-state index contributed by atoms with van der Waals surface area (Å²) in [6.45, 7) is -0.197. The molecule has 2 rings (SSSR count). The fourth-order valence-electron chi connectivity index (χ4n) is 1.90. The van der Waals surface area contributed by atoms with E-state index in [4.69, 9.17) is 17.0 Å². The summed E-state index contributed by atoms with van der Waals surface area (Å²) in [7, 11) is 0. The summed E-state index contributed by atoms with van der Waals surface area (Å²) in [5.41, 5.74) is 4.57. The predicted octanol–water partition coefficient (Wildman–Crippen LogP) is 2.92. The molecule has 0 aliphatic rings. The van der Waals surface area contributed by atoms with Gasteiger partial charge in [-0.1, -0.05) is 18.2 Å². The molecule has 0 unspecified atom stereocenters. The summed E-state index contributed by atoms with van der Waals surface area (Å²) >= 11 is 4.96. The number of halogens is 4. The lowest BCUT2D eigenvalue weighted by Crippen LogP contribution is -2.48. The second-order valence-corrected chi connectivity index (χ2v) is 5.70. The van der Waals surface area contributed by atoms with Crippen LogP contribution in [0.25, 0.3) is 0 Å². The Hall–Kier alpha value is -2.88. The van der Waals surface area contributed by atoms with Gasteiger partial charge in [0.1, 0.15) is 11.6 Å². The number of hydrazine groups is 1. The molecule has 0 radical (unpaired) electrons. The van der Waals surface area contributed by atoms with Crippen LogP contribution in [0.2, 0.25) is 0 Å². The van der Waals surface area contributed by atoms with Gasteiger partial charge in [0, 0.05) is 6.54 Å². The molecule has 2 aromatic rings. The van der Waals surface area contributed by atoms with E-state index in [1.54, 1.807) is 12.1 Å². The second-order valence-electron chi connectivity index (χ2n) is 5.30. The van der Waals surface area contributed by atoms with Gasteiger partial charge in [0.15, 0.2) is 11.7 Å². The van der Waals surface area contributed by atoms with E-state index >= 15 is 0 Å². The van der Waals surface area contributed by atoms with Crippen LogP contribution in [0, 0.1) is 5.82 Å². The van der Waals surface area contributed by atoms with E-state index < -0.39 is 24.3 Å². The third kappa shape index (κ3) is 7.10. The first kappa shape index (κ1) is 20.4. The molecule has 0 spiro atoms. The maximum absolute atomic E-state index is 12.8. The van der Waals surface area contributed by atoms with Crippen molar-refractivity contribution in [3.8, 4) is 5.75 Å². The van der Waals surface area contributed by atoms with Crippen LogP contribution < -0.4 is 20.9 Å². The number of ether oxygens (including phenoxy) is 1. The van der Waals surface area contributed by atoms with Crippen LogP contribution in [0.5, 0.6) is 5.75 Å². The summed E-state index contributed by atoms with van der Waals surface area (Å²) in [4.78, 5) is 11.7. The van der Waals surface area contributed by atoms with Gasteiger partial charge < -0.3 is 10.1 Å². The molecule has 3 N–H and O–H groups in total. The molecule has 0 aromatic heterocycles. The number of amides is 1. The lowest BCUT2D eigenvalue weighted by Gasteiger charge is -2.13. The van der Waals surface area contributed by atoms with Crippen LogP contribution in [0.1, 0.15) is 11.1 Å². The first-order valence-corrected chi connectivity index (χ1v) is 8.02. The molecule has 5 nitrogen and oxygen atoms in total. The Morgan fingerprint density at radius 1 is 1.07 bits per heavy atom. The Morgan fingerprint density at radius 3 is 2.44 bits per heavy atom. The number of thiocarbonyl (C=S) groups is 1. The first-order chi connectivity index (χ1) is 12.7. The van der Waals surface area contributed by atoms with E-state index in [1.165, 1.54) is 24.3 Å². The van der Waals surface area contributed by atoms with Gasteiger partial charge in [0.05, 0.1) is 5.56 Å². The fourth-order valence-corrected chi connectivity index (χ4v) is 2.03. The Morgan fingerprint density at radius 2 is 1.78 bits per heavy atom. The zero-order valence-corrected chi connectivity index (χ0v) is 14.6. The van der Waals surface area contributed by atoms with Crippen molar-refractivity contribution < 1.29 is 27.1 Å². The van der Waals surface area contributed by atoms with Crippen LogP contribution in [-0.4, -0.2) is 17.6 Å². The van der Waals surface area contributed by atoms with Crippen molar-refractivity contribution in [2.45, 2.75) is 12.7 Å². The monoisotopic (exact) mass is 401 g/mol. The van der Waals surface area contributed by atoms with Crippen molar-refractivity contribution in [3.05, 3.63) is 65.5 Å². The standard InChI is InChI=1S/C17H15F4N3O2S/c18-13-6-4-11(5-7-13)9-22-16(27)24-23-15(25)10-26-14-3-1-2-12(8-14)17(19,20)21/h1-8H,9-10H2,(H,23,25)(H2,22,24,27). The molecule has 0 aliphatic carbocycles.